The monoisotopic (exact) mass is 719 g/mol. The fourth-order valence-electron chi connectivity index (χ4n) is 8.69. The standard InChI is InChI=1S/C52H34FN3/c53-37-24-28-40(29-25-37)55-48-20-10-8-17-43(48)46-34-41(30-32-50(46)55)54(39-26-22-36(23-27-39)35-12-3-1-4-13-35)49-33-31-44-42-16-7-9-19-47(42)56(38-14-5-2-6-15-38)51-21-11-18-45(49)52(44)51/h1-34H. The molecule has 0 aliphatic carbocycles. The Morgan fingerprint density at radius 2 is 1.04 bits per heavy atom. The fourth-order valence-corrected chi connectivity index (χ4v) is 8.69. The highest BCUT2D eigenvalue weighted by atomic mass is 19.1. The first-order chi connectivity index (χ1) is 27.7. The van der Waals surface area contributed by atoms with Crippen LogP contribution < -0.4 is 9.80 Å². The van der Waals surface area contributed by atoms with Gasteiger partial charge in [-0.05, 0) is 108 Å². The van der Waals surface area contributed by atoms with Crippen molar-refractivity contribution < 1.29 is 4.39 Å². The average Bonchev–Trinajstić information content (AvgIpc) is 3.59. The highest BCUT2D eigenvalue weighted by molar-refractivity contribution is 6.18. The zero-order valence-electron chi connectivity index (χ0n) is 30.3. The largest absolute Gasteiger partial charge is 0.310 e. The van der Waals surface area contributed by atoms with E-state index in [-0.39, 0.29) is 5.82 Å². The van der Waals surface area contributed by atoms with Crippen LogP contribution in [0.4, 0.5) is 38.5 Å². The maximum Gasteiger partial charge on any atom is 0.123 e. The summed E-state index contributed by atoms with van der Waals surface area (Å²) >= 11 is 0. The van der Waals surface area contributed by atoms with Crippen LogP contribution in [0.2, 0.25) is 0 Å². The van der Waals surface area contributed by atoms with Crippen LogP contribution in [0.1, 0.15) is 0 Å². The minimum atomic E-state index is -0.248. The molecule has 11 rings (SSSR count). The molecule has 0 N–H and O–H groups in total. The van der Waals surface area contributed by atoms with Gasteiger partial charge < -0.3 is 14.4 Å². The molecule has 1 aromatic heterocycles. The topological polar surface area (TPSA) is 11.4 Å². The van der Waals surface area contributed by atoms with Crippen LogP contribution in [0.25, 0.3) is 60.5 Å². The Morgan fingerprint density at radius 1 is 0.393 bits per heavy atom. The van der Waals surface area contributed by atoms with Gasteiger partial charge in [-0.15, -0.1) is 0 Å². The summed E-state index contributed by atoms with van der Waals surface area (Å²) in [5.41, 5.74) is 14.5. The van der Waals surface area contributed by atoms with Gasteiger partial charge in [-0.2, -0.15) is 0 Å². The lowest BCUT2D eigenvalue weighted by Crippen LogP contribution is -2.16. The van der Waals surface area contributed by atoms with Gasteiger partial charge in [0.2, 0.25) is 0 Å². The molecule has 2 heterocycles. The van der Waals surface area contributed by atoms with E-state index in [0.29, 0.717) is 0 Å². The quantitative estimate of drug-likeness (QED) is 0.169. The number of anilines is 6. The Labute approximate surface area is 324 Å². The maximum atomic E-state index is 14.1. The van der Waals surface area contributed by atoms with Crippen molar-refractivity contribution >= 4 is 66.7 Å². The van der Waals surface area contributed by atoms with E-state index < -0.39 is 0 Å². The predicted molar refractivity (Wildman–Crippen MR) is 232 cm³/mol. The molecule has 9 aromatic carbocycles. The van der Waals surface area contributed by atoms with Gasteiger partial charge >= 0.3 is 0 Å². The number of hydrogen-bond donors (Lipinski definition) is 0. The van der Waals surface area contributed by atoms with Gasteiger partial charge in [0, 0.05) is 49.9 Å². The zero-order valence-corrected chi connectivity index (χ0v) is 30.3. The first-order valence-electron chi connectivity index (χ1n) is 19.0. The summed E-state index contributed by atoms with van der Waals surface area (Å²) in [5, 5.41) is 4.64. The zero-order chi connectivity index (χ0) is 37.2. The fraction of sp³-hybridized carbons (Fsp3) is 0. The number of nitrogens with zero attached hydrogens (tertiary/aromatic N) is 3. The molecule has 0 atom stereocenters. The molecule has 0 spiro atoms. The van der Waals surface area contributed by atoms with E-state index in [1.807, 2.05) is 12.1 Å². The molecule has 0 saturated carbocycles. The van der Waals surface area contributed by atoms with E-state index in [1.54, 1.807) is 0 Å². The highest BCUT2D eigenvalue weighted by Gasteiger charge is 2.28. The van der Waals surface area contributed by atoms with Crippen molar-refractivity contribution in [1.29, 1.82) is 0 Å². The van der Waals surface area contributed by atoms with Gasteiger partial charge in [-0.3, -0.25) is 0 Å². The predicted octanol–water partition coefficient (Wildman–Crippen LogP) is 14.7. The minimum absolute atomic E-state index is 0.248. The van der Waals surface area contributed by atoms with Crippen molar-refractivity contribution in [2.75, 3.05) is 9.80 Å². The first-order valence-corrected chi connectivity index (χ1v) is 19.0. The van der Waals surface area contributed by atoms with Crippen molar-refractivity contribution in [2.45, 2.75) is 0 Å². The number of hydrogen-bond acceptors (Lipinski definition) is 2. The molecule has 3 nitrogen and oxygen atoms in total. The molecule has 56 heavy (non-hydrogen) atoms. The number of benzene rings is 9. The number of aromatic nitrogens is 1. The molecule has 264 valence electrons. The summed E-state index contributed by atoms with van der Waals surface area (Å²) in [6, 6.07) is 72.0. The second-order valence-corrected chi connectivity index (χ2v) is 14.3. The number of halogens is 1. The number of para-hydroxylation sites is 3. The Morgan fingerprint density at radius 3 is 1.86 bits per heavy atom. The lowest BCUT2D eigenvalue weighted by molar-refractivity contribution is 0.627. The van der Waals surface area contributed by atoms with Crippen molar-refractivity contribution in [3.8, 4) is 27.9 Å². The van der Waals surface area contributed by atoms with E-state index >= 15 is 0 Å². The third-order valence-corrected chi connectivity index (χ3v) is 11.2. The highest BCUT2D eigenvalue weighted by Crippen LogP contribution is 2.53. The molecule has 0 amide bonds. The van der Waals surface area contributed by atoms with Crippen LogP contribution in [0.15, 0.2) is 206 Å². The smallest absolute Gasteiger partial charge is 0.123 e. The lowest BCUT2D eigenvalue weighted by Gasteiger charge is -2.35. The summed E-state index contributed by atoms with van der Waals surface area (Å²) < 4.78 is 16.3. The van der Waals surface area contributed by atoms with Crippen LogP contribution in [-0.4, -0.2) is 4.57 Å². The van der Waals surface area contributed by atoms with Crippen molar-refractivity contribution in [3.05, 3.63) is 212 Å². The van der Waals surface area contributed by atoms with Crippen molar-refractivity contribution in [1.82, 2.24) is 4.57 Å². The first kappa shape index (κ1) is 32.0. The summed E-state index contributed by atoms with van der Waals surface area (Å²) in [7, 11) is 0. The van der Waals surface area contributed by atoms with Gasteiger partial charge in [-0.25, -0.2) is 4.39 Å². The van der Waals surface area contributed by atoms with Gasteiger partial charge in [0.25, 0.3) is 0 Å². The van der Waals surface area contributed by atoms with Gasteiger partial charge in [0.15, 0.2) is 0 Å². The molecule has 1 aliphatic rings. The third kappa shape index (κ3) is 5.04. The van der Waals surface area contributed by atoms with E-state index in [1.165, 1.54) is 45.5 Å². The van der Waals surface area contributed by atoms with Crippen LogP contribution in [0.5, 0.6) is 0 Å². The summed E-state index contributed by atoms with van der Waals surface area (Å²) in [6.07, 6.45) is 0. The molecular weight excluding hydrogens is 686 g/mol. The van der Waals surface area contributed by atoms with Gasteiger partial charge in [0.05, 0.1) is 28.1 Å². The molecule has 0 unspecified atom stereocenters. The number of rotatable bonds is 6. The normalized spacial score (nSPS) is 12.0. The summed E-state index contributed by atoms with van der Waals surface area (Å²) in [5.74, 6) is -0.248. The Hall–Kier alpha value is -7.43. The molecule has 1 aliphatic heterocycles. The average molecular weight is 720 g/mol. The second kappa shape index (κ2) is 12.9. The lowest BCUT2D eigenvalue weighted by atomic mass is 9.89. The van der Waals surface area contributed by atoms with E-state index in [9.17, 15) is 4.39 Å². The molecule has 0 saturated heterocycles. The van der Waals surface area contributed by atoms with Crippen LogP contribution in [0.3, 0.4) is 0 Å². The maximum absolute atomic E-state index is 14.1. The SMILES string of the molecule is Fc1ccc(-n2c3ccccc3c3cc(N(c4ccc(-c5ccccc5)cc4)c4ccc5c6c(cccc46)N(c4ccccc4)c4ccccc4-5)ccc32)cc1. The Bertz CT molecular complexity index is 3080. The van der Waals surface area contributed by atoms with E-state index in [2.05, 4.69) is 196 Å². The van der Waals surface area contributed by atoms with E-state index in [4.69, 9.17) is 0 Å². The molecule has 0 fully saturated rings. The van der Waals surface area contributed by atoms with Crippen molar-refractivity contribution in [2.24, 2.45) is 0 Å². The molecule has 4 heteroatoms. The molecular formula is C52H34FN3. The summed E-state index contributed by atoms with van der Waals surface area (Å²) in [6.45, 7) is 0. The van der Waals surface area contributed by atoms with Gasteiger partial charge in [-0.1, -0.05) is 115 Å². The van der Waals surface area contributed by atoms with Crippen LogP contribution in [0, 0.1) is 5.82 Å². The summed E-state index contributed by atoms with van der Waals surface area (Å²) in [4.78, 5) is 4.79. The minimum Gasteiger partial charge on any atom is -0.310 e. The Kier molecular flexibility index (Phi) is 7.36. The van der Waals surface area contributed by atoms with Crippen molar-refractivity contribution in [3.63, 3.8) is 0 Å². The Balaban J connectivity index is 1.16. The van der Waals surface area contributed by atoms with Crippen LogP contribution >= 0.6 is 0 Å². The molecule has 0 bridgehead atoms. The van der Waals surface area contributed by atoms with Gasteiger partial charge in [0.1, 0.15) is 5.82 Å². The molecule has 10 aromatic rings. The number of fused-ring (bicyclic) bond motifs is 5. The third-order valence-electron chi connectivity index (χ3n) is 11.2. The second-order valence-electron chi connectivity index (χ2n) is 14.3. The van der Waals surface area contributed by atoms with Crippen LogP contribution in [-0.2, 0) is 0 Å². The molecule has 0 radical (unpaired) electrons. The van der Waals surface area contributed by atoms with E-state index in [0.717, 1.165) is 61.3 Å².